The van der Waals surface area contributed by atoms with Gasteiger partial charge in [0.15, 0.2) is 0 Å². The number of nitrogen functional groups attached to an aromatic ring is 1. The molecule has 4 nitrogen and oxygen atoms in total. The summed E-state index contributed by atoms with van der Waals surface area (Å²) in [6, 6.07) is 5.79. The molecule has 1 aromatic rings. The van der Waals surface area contributed by atoms with Crippen molar-refractivity contribution in [2.45, 2.75) is 32.3 Å². The van der Waals surface area contributed by atoms with Gasteiger partial charge in [0.05, 0.1) is 0 Å². The molecule has 0 aliphatic carbocycles. The molecule has 0 radical (unpaired) electrons. The number of carbonyl (C=O) groups excluding carboxylic acids is 1. The van der Waals surface area contributed by atoms with Crippen LogP contribution in [-0.2, 0) is 4.74 Å². The third kappa shape index (κ3) is 3.41. The maximum Gasteiger partial charge on any atom is 0.410 e. The van der Waals surface area contributed by atoms with E-state index in [1.165, 1.54) is 5.56 Å². The predicted octanol–water partition coefficient (Wildman–Crippen LogP) is 3.37. The quantitative estimate of drug-likeness (QED) is 0.805. The standard InChI is InChI=1S/C14H19BrN2O2/c1-14(2,3)19-13(18)17-7-9(8-17)11-5-4-10(16)6-12(11)15/h4-6,9H,7-8,16H2,1-3H3. The lowest BCUT2D eigenvalue weighted by atomic mass is 9.92. The van der Waals surface area contributed by atoms with Crippen LogP contribution in [0.5, 0.6) is 0 Å². The average Bonchev–Trinajstić information content (AvgIpc) is 2.16. The van der Waals surface area contributed by atoms with Gasteiger partial charge in [0.1, 0.15) is 5.60 Å². The Balaban J connectivity index is 1.94. The number of anilines is 1. The van der Waals surface area contributed by atoms with Crippen LogP contribution in [0.25, 0.3) is 0 Å². The first kappa shape index (κ1) is 14.2. The number of benzene rings is 1. The summed E-state index contributed by atoms with van der Waals surface area (Å²) >= 11 is 3.51. The zero-order valence-electron chi connectivity index (χ0n) is 11.4. The molecule has 1 aliphatic rings. The third-order valence-electron chi connectivity index (χ3n) is 3.00. The SMILES string of the molecule is CC(C)(C)OC(=O)N1CC(c2ccc(N)cc2Br)C1. The van der Waals surface area contributed by atoms with E-state index in [0.29, 0.717) is 19.0 Å². The van der Waals surface area contributed by atoms with Gasteiger partial charge in [-0.1, -0.05) is 22.0 Å². The van der Waals surface area contributed by atoms with Crippen molar-refractivity contribution in [2.24, 2.45) is 0 Å². The molecule has 104 valence electrons. The predicted molar refractivity (Wildman–Crippen MR) is 79.1 cm³/mol. The Morgan fingerprint density at radius 1 is 1.42 bits per heavy atom. The van der Waals surface area contributed by atoms with Crippen molar-refractivity contribution >= 4 is 27.7 Å². The first-order valence-electron chi connectivity index (χ1n) is 6.29. The first-order valence-corrected chi connectivity index (χ1v) is 7.08. The van der Waals surface area contributed by atoms with Crippen molar-refractivity contribution in [3.8, 4) is 0 Å². The molecule has 1 fully saturated rings. The van der Waals surface area contributed by atoms with Crippen LogP contribution in [0, 0.1) is 0 Å². The van der Waals surface area contributed by atoms with E-state index in [1.807, 2.05) is 39.0 Å². The van der Waals surface area contributed by atoms with Crippen LogP contribution in [0.2, 0.25) is 0 Å². The van der Waals surface area contributed by atoms with Crippen LogP contribution >= 0.6 is 15.9 Å². The number of amides is 1. The van der Waals surface area contributed by atoms with Crippen LogP contribution in [0.4, 0.5) is 10.5 Å². The largest absolute Gasteiger partial charge is 0.444 e. The van der Waals surface area contributed by atoms with Gasteiger partial charge in [0, 0.05) is 29.2 Å². The van der Waals surface area contributed by atoms with E-state index in [2.05, 4.69) is 15.9 Å². The second-order valence-electron chi connectivity index (χ2n) is 5.86. The van der Waals surface area contributed by atoms with Crippen molar-refractivity contribution in [3.05, 3.63) is 28.2 Å². The van der Waals surface area contributed by atoms with E-state index in [-0.39, 0.29) is 6.09 Å². The maximum atomic E-state index is 11.8. The Labute approximate surface area is 122 Å². The zero-order chi connectivity index (χ0) is 14.2. The molecular weight excluding hydrogens is 308 g/mol. The summed E-state index contributed by atoms with van der Waals surface area (Å²) in [4.78, 5) is 13.5. The van der Waals surface area contributed by atoms with Crippen molar-refractivity contribution in [3.63, 3.8) is 0 Å². The number of hydrogen-bond donors (Lipinski definition) is 1. The highest BCUT2D eigenvalue weighted by molar-refractivity contribution is 9.10. The van der Waals surface area contributed by atoms with Gasteiger partial charge < -0.3 is 15.4 Å². The highest BCUT2D eigenvalue weighted by Crippen LogP contribution is 2.33. The Morgan fingerprint density at radius 3 is 2.58 bits per heavy atom. The fourth-order valence-corrected chi connectivity index (χ4v) is 2.75. The van der Waals surface area contributed by atoms with E-state index in [0.717, 1.165) is 10.2 Å². The maximum absolute atomic E-state index is 11.8. The highest BCUT2D eigenvalue weighted by atomic mass is 79.9. The molecule has 1 amide bonds. The molecule has 2 rings (SSSR count). The number of likely N-dealkylation sites (tertiary alicyclic amines) is 1. The van der Waals surface area contributed by atoms with Gasteiger partial charge >= 0.3 is 6.09 Å². The average molecular weight is 327 g/mol. The summed E-state index contributed by atoms with van der Waals surface area (Å²) < 4.78 is 6.33. The molecule has 2 N–H and O–H groups in total. The van der Waals surface area contributed by atoms with Crippen molar-refractivity contribution in [1.29, 1.82) is 0 Å². The molecule has 1 saturated heterocycles. The molecule has 0 unspecified atom stereocenters. The van der Waals surface area contributed by atoms with Gasteiger partial charge in [-0.2, -0.15) is 0 Å². The van der Waals surface area contributed by atoms with E-state index in [9.17, 15) is 4.79 Å². The van der Waals surface area contributed by atoms with Crippen LogP contribution in [0.3, 0.4) is 0 Å². The Morgan fingerprint density at radius 2 is 2.05 bits per heavy atom. The normalized spacial score (nSPS) is 16.1. The van der Waals surface area contributed by atoms with Crippen LogP contribution < -0.4 is 5.73 Å². The van der Waals surface area contributed by atoms with Crippen molar-refractivity contribution in [2.75, 3.05) is 18.8 Å². The number of ether oxygens (including phenoxy) is 1. The van der Waals surface area contributed by atoms with E-state index in [4.69, 9.17) is 10.5 Å². The van der Waals surface area contributed by atoms with Gasteiger partial charge in [0.2, 0.25) is 0 Å². The summed E-state index contributed by atoms with van der Waals surface area (Å²) in [5.41, 5.74) is 7.20. The molecule has 0 bridgehead atoms. The molecule has 1 heterocycles. The zero-order valence-corrected chi connectivity index (χ0v) is 13.0. The fraction of sp³-hybridized carbons (Fsp3) is 0.500. The number of nitrogens with two attached hydrogens (primary N) is 1. The molecule has 0 aromatic heterocycles. The molecule has 0 saturated carbocycles. The Hall–Kier alpha value is -1.23. The van der Waals surface area contributed by atoms with Crippen LogP contribution in [-0.4, -0.2) is 29.7 Å². The monoisotopic (exact) mass is 326 g/mol. The van der Waals surface area contributed by atoms with Gasteiger partial charge in [-0.05, 0) is 38.5 Å². The minimum atomic E-state index is -0.441. The number of halogens is 1. The second-order valence-corrected chi connectivity index (χ2v) is 6.72. The second kappa shape index (κ2) is 5.04. The van der Waals surface area contributed by atoms with Crippen LogP contribution in [0.15, 0.2) is 22.7 Å². The lowest BCUT2D eigenvalue weighted by molar-refractivity contribution is 0.00814. The van der Waals surface area contributed by atoms with Crippen molar-refractivity contribution in [1.82, 2.24) is 4.90 Å². The summed E-state index contributed by atoms with van der Waals surface area (Å²) in [6.45, 7) is 7.01. The molecular formula is C14H19BrN2O2. The molecule has 0 atom stereocenters. The molecule has 1 aliphatic heterocycles. The minimum Gasteiger partial charge on any atom is -0.444 e. The lowest BCUT2D eigenvalue weighted by Crippen LogP contribution is -2.50. The van der Waals surface area contributed by atoms with Crippen LogP contribution in [0.1, 0.15) is 32.3 Å². The van der Waals surface area contributed by atoms with Gasteiger partial charge in [-0.25, -0.2) is 4.79 Å². The van der Waals surface area contributed by atoms with Crippen molar-refractivity contribution < 1.29 is 9.53 Å². The van der Waals surface area contributed by atoms with E-state index < -0.39 is 5.60 Å². The van der Waals surface area contributed by atoms with Gasteiger partial charge in [-0.15, -0.1) is 0 Å². The summed E-state index contributed by atoms with van der Waals surface area (Å²) in [5.74, 6) is 0.350. The Kier molecular flexibility index (Phi) is 3.76. The number of nitrogens with zero attached hydrogens (tertiary/aromatic N) is 1. The molecule has 19 heavy (non-hydrogen) atoms. The van der Waals surface area contributed by atoms with Gasteiger partial charge in [-0.3, -0.25) is 0 Å². The molecule has 1 aromatic carbocycles. The first-order chi connectivity index (χ1) is 8.76. The number of rotatable bonds is 1. The third-order valence-corrected chi connectivity index (χ3v) is 3.68. The lowest BCUT2D eigenvalue weighted by Gasteiger charge is -2.40. The summed E-state index contributed by atoms with van der Waals surface area (Å²) in [6.07, 6.45) is -0.240. The van der Waals surface area contributed by atoms with E-state index in [1.54, 1.807) is 4.90 Å². The summed E-state index contributed by atoms with van der Waals surface area (Å²) in [5, 5.41) is 0. The molecule has 5 heteroatoms. The number of carbonyl (C=O) groups is 1. The minimum absolute atomic E-state index is 0.240. The summed E-state index contributed by atoms with van der Waals surface area (Å²) in [7, 11) is 0. The fourth-order valence-electron chi connectivity index (χ4n) is 2.03. The smallest absolute Gasteiger partial charge is 0.410 e. The van der Waals surface area contributed by atoms with E-state index >= 15 is 0 Å². The van der Waals surface area contributed by atoms with Gasteiger partial charge in [0.25, 0.3) is 0 Å². The molecule has 0 spiro atoms. The Bertz CT molecular complexity index is 491. The highest BCUT2D eigenvalue weighted by Gasteiger charge is 2.35. The topological polar surface area (TPSA) is 55.6 Å². The number of hydrogen-bond acceptors (Lipinski definition) is 3.